The minimum Gasteiger partial charge on any atom is -0.490 e. The Hall–Kier alpha value is -1.07. The zero-order chi connectivity index (χ0) is 15.4. The van der Waals surface area contributed by atoms with Gasteiger partial charge in [-0.05, 0) is 53.5 Å². The molecule has 0 spiro atoms. The van der Waals surface area contributed by atoms with Gasteiger partial charge in [-0.2, -0.15) is 0 Å². The lowest BCUT2D eigenvalue weighted by atomic mass is 9.77. The van der Waals surface area contributed by atoms with Crippen LogP contribution in [0.1, 0.15) is 46.6 Å². The van der Waals surface area contributed by atoms with Crippen molar-refractivity contribution in [3.8, 4) is 5.75 Å². The summed E-state index contributed by atoms with van der Waals surface area (Å²) >= 11 is 0. The fourth-order valence-electron chi connectivity index (χ4n) is 2.74. The van der Waals surface area contributed by atoms with E-state index >= 15 is 0 Å². The molecule has 0 amide bonds. The summed E-state index contributed by atoms with van der Waals surface area (Å²) in [6.45, 7) is 9.87. The monoisotopic (exact) mass is 292 g/mol. The van der Waals surface area contributed by atoms with Gasteiger partial charge in [-0.15, -0.1) is 0 Å². The predicted molar refractivity (Wildman–Crippen MR) is 80.5 cm³/mol. The van der Waals surface area contributed by atoms with Crippen LogP contribution in [0, 0.1) is 5.82 Å². The van der Waals surface area contributed by atoms with E-state index in [9.17, 15) is 4.39 Å². The molecule has 1 aromatic carbocycles. The summed E-state index contributed by atoms with van der Waals surface area (Å²) in [5.41, 5.74) is 0.168. The van der Waals surface area contributed by atoms with E-state index < -0.39 is 18.3 Å². The first-order valence-corrected chi connectivity index (χ1v) is 7.55. The van der Waals surface area contributed by atoms with Gasteiger partial charge in [0, 0.05) is 11.0 Å². The van der Waals surface area contributed by atoms with Gasteiger partial charge in [-0.1, -0.05) is 6.07 Å². The van der Waals surface area contributed by atoms with E-state index in [4.69, 9.17) is 14.0 Å². The molecular weight excluding hydrogens is 270 g/mol. The summed E-state index contributed by atoms with van der Waals surface area (Å²) in [6.07, 6.45) is 1.66. The summed E-state index contributed by atoms with van der Waals surface area (Å²) in [5.74, 6) is 0.393. The zero-order valence-electron chi connectivity index (χ0n) is 13.3. The third-order valence-corrected chi connectivity index (χ3v) is 4.87. The van der Waals surface area contributed by atoms with E-state index in [1.54, 1.807) is 6.07 Å². The first-order valence-electron chi connectivity index (χ1n) is 7.55. The van der Waals surface area contributed by atoms with Crippen molar-refractivity contribution in [3.05, 3.63) is 23.5 Å². The lowest BCUT2D eigenvalue weighted by Crippen LogP contribution is -2.41. The molecule has 5 heteroatoms. The van der Waals surface area contributed by atoms with Crippen molar-refractivity contribution in [1.29, 1.82) is 0 Å². The molecule has 1 aromatic rings. The summed E-state index contributed by atoms with van der Waals surface area (Å²) < 4.78 is 32.4. The molecule has 0 radical (unpaired) electrons. The standard InChI is InChI=1S/C16H22BFO3/c1-10-6-7-11-13(19-10)9-8-12(14(11)18)17-20-15(2,3)16(4,5)21-17/h8-10H,6-7H2,1-5H3. The number of hydrogen-bond donors (Lipinski definition) is 0. The predicted octanol–water partition coefficient (Wildman–Crippen LogP) is 2.84. The maximum absolute atomic E-state index is 14.8. The van der Waals surface area contributed by atoms with Crippen molar-refractivity contribution >= 4 is 12.6 Å². The fourth-order valence-corrected chi connectivity index (χ4v) is 2.74. The van der Waals surface area contributed by atoms with Gasteiger partial charge in [-0.3, -0.25) is 0 Å². The second-order valence-electron chi connectivity index (χ2n) is 7.00. The van der Waals surface area contributed by atoms with Gasteiger partial charge in [0.25, 0.3) is 0 Å². The molecule has 0 aromatic heterocycles. The third kappa shape index (κ3) is 2.36. The first-order chi connectivity index (χ1) is 9.71. The molecule has 0 bridgehead atoms. The molecule has 1 atom stereocenters. The maximum atomic E-state index is 14.8. The van der Waals surface area contributed by atoms with Crippen LogP contribution in [-0.4, -0.2) is 24.4 Å². The van der Waals surface area contributed by atoms with Crippen LogP contribution in [0.25, 0.3) is 0 Å². The van der Waals surface area contributed by atoms with Crippen LogP contribution in [0.4, 0.5) is 4.39 Å². The van der Waals surface area contributed by atoms with Gasteiger partial charge in [-0.25, -0.2) is 4.39 Å². The van der Waals surface area contributed by atoms with E-state index in [1.165, 1.54) is 0 Å². The highest BCUT2D eigenvalue weighted by Gasteiger charge is 2.52. The van der Waals surface area contributed by atoms with Crippen molar-refractivity contribution < 1.29 is 18.4 Å². The van der Waals surface area contributed by atoms with Gasteiger partial charge in [0.15, 0.2) is 0 Å². The second-order valence-corrected chi connectivity index (χ2v) is 7.00. The molecule has 1 unspecified atom stereocenters. The van der Waals surface area contributed by atoms with Gasteiger partial charge >= 0.3 is 7.12 Å². The van der Waals surface area contributed by atoms with Crippen molar-refractivity contribution in [3.63, 3.8) is 0 Å². The number of fused-ring (bicyclic) bond motifs is 1. The average molecular weight is 292 g/mol. The quantitative estimate of drug-likeness (QED) is 0.745. The van der Waals surface area contributed by atoms with Crippen molar-refractivity contribution in [2.24, 2.45) is 0 Å². The normalized spacial score (nSPS) is 26.4. The average Bonchev–Trinajstić information content (AvgIpc) is 2.58. The maximum Gasteiger partial charge on any atom is 0.497 e. The van der Waals surface area contributed by atoms with Crippen LogP contribution in [0.3, 0.4) is 0 Å². The van der Waals surface area contributed by atoms with E-state index in [-0.39, 0.29) is 11.9 Å². The number of benzene rings is 1. The highest BCUT2D eigenvalue weighted by atomic mass is 19.1. The molecule has 2 heterocycles. The molecule has 0 N–H and O–H groups in total. The zero-order valence-corrected chi connectivity index (χ0v) is 13.3. The Morgan fingerprint density at radius 1 is 1.14 bits per heavy atom. The molecule has 2 aliphatic heterocycles. The Kier molecular flexibility index (Phi) is 3.34. The van der Waals surface area contributed by atoms with Gasteiger partial charge in [0.05, 0.1) is 17.3 Å². The van der Waals surface area contributed by atoms with Crippen LogP contribution in [0.2, 0.25) is 0 Å². The van der Waals surface area contributed by atoms with Gasteiger partial charge in [0.1, 0.15) is 11.6 Å². The third-order valence-electron chi connectivity index (χ3n) is 4.87. The van der Waals surface area contributed by atoms with Crippen LogP contribution >= 0.6 is 0 Å². The molecular formula is C16H22BFO3. The molecule has 1 saturated heterocycles. The highest BCUT2D eigenvalue weighted by molar-refractivity contribution is 6.62. The highest BCUT2D eigenvalue weighted by Crippen LogP contribution is 2.37. The molecule has 0 aliphatic carbocycles. The lowest BCUT2D eigenvalue weighted by Gasteiger charge is -2.32. The minimum absolute atomic E-state index is 0.139. The van der Waals surface area contributed by atoms with Gasteiger partial charge in [0.2, 0.25) is 0 Å². The van der Waals surface area contributed by atoms with Crippen molar-refractivity contribution in [2.75, 3.05) is 0 Å². The van der Waals surface area contributed by atoms with Crippen LogP contribution in [0.15, 0.2) is 12.1 Å². The fraction of sp³-hybridized carbons (Fsp3) is 0.625. The lowest BCUT2D eigenvalue weighted by molar-refractivity contribution is 0.00578. The Morgan fingerprint density at radius 3 is 2.38 bits per heavy atom. The molecule has 21 heavy (non-hydrogen) atoms. The number of rotatable bonds is 1. The summed E-state index contributed by atoms with van der Waals surface area (Å²) in [4.78, 5) is 0. The van der Waals surface area contributed by atoms with Crippen molar-refractivity contribution in [1.82, 2.24) is 0 Å². The molecule has 114 valence electrons. The van der Waals surface area contributed by atoms with E-state index in [0.29, 0.717) is 23.2 Å². The largest absolute Gasteiger partial charge is 0.497 e. The minimum atomic E-state index is -0.667. The topological polar surface area (TPSA) is 27.7 Å². The van der Waals surface area contributed by atoms with Crippen LogP contribution < -0.4 is 10.2 Å². The summed E-state index contributed by atoms with van der Waals surface area (Å²) in [6, 6.07) is 3.54. The van der Waals surface area contributed by atoms with E-state index in [1.807, 2.05) is 40.7 Å². The van der Waals surface area contributed by atoms with Crippen molar-refractivity contribution in [2.45, 2.75) is 64.8 Å². The van der Waals surface area contributed by atoms with Gasteiger partial charge < -0.3 is 14.0 Å². The number of hydrogen-bond acceptors (Lipinski definition) is 3. The Balaban J connectivity index is 1.95. The van der Waals surface area contributed by atoms with E-state index in [0.717, 1.165) is 6.42 Å². The number of ether oxygens (including phenoxy) is 1. The second kappa shape index (κ2) is 4.72. The van der Waals surface area contributed by atoms with E-state index in [2.05, 4.69) is 0 Å². The molecule has 2 aliphatic rings. The first kappa shape index (κ1) is 14.9. The molecule has 1 fully saturated rings. The number of halogens is 1. The molecule has 3 rings (SSSR count). The molecule has 0 saturated carbocycles. The summed E-state index contributed by atoms with van der Waals surface area (Å²) in [7, 11) is -0.667. The SMILES string of the molecule is CC1CCc2c(ccc(B3OC(C)(C)C(C)(C)O3)c2F)O1. The summed E-state index contributed by atoms with van der Waals surface area (Å²) in [5, 5.41) is 0. The molecule has 3 nitrogen and oxygen atoms in total. The Bertz CT molecular complexity index is 555. The smallest absolute Gasteiger partial charge is 0.490 e. The van der Waals surface area contributed by atoms with Crippen LogP contribution in [-0.2, 0) is 15.7 Å². The Morgan fingerprint density at radius 2 is 1.76 bits per heavy atom. The Labute approximate surface area is 125 Å². The van der Waals surface area contributed by atoms with Crippen LogP contribution in [0.5, 0.6) is 5.75 Å².